The normalized spacial score (nSPS) is 14.5. The summed E-state index contributed by atoms with van der Waals surface area (Å²) in [7, 11) is -3.75. The van der Waals surface area contributed by atoms with E-state index in [-0.39, 0.29) is 15.8 Å². The molecule has 33 heavy (non-hydrogen) atoms. The number of nitrogens with zero attached hydrogens (tertiary/aromatic N) is 1. The van der Waals surface area contributed by atoms with Crippen molar-refractivity contribution in [3.05, 3.63) is 97.6 Å². The second-order valence-corrected chi connectivity index (χ2v) is 11.6. The third-order valence-corrected chi connectivity index (χ3v) is 8.89. The van der Waals surface area contributed by atoms with Crippen LogP contribution in [0.1, 0.15) is 41.6 Å². The standard InChI is InChI=1S/C25H23ClN2O3S2/c1-16(19-8-7-18-3-2-4-20(18)13-19)27-33(30,31)22-11-12-23-24(14-22)32-25(29)28(23)15-17-5-9-21(26)10-6-17/h5-14,16,27H,2-4,15H2,1H3. The van der Waals surface area contributed by atoms with Crippen LogP contribution >= 0.6 is 22.9 Å². The first-order chi connectivity index (χ1) is 15.8. The zero-order chi connectivity index (χ0) is 23.2. The predicted molar refractivity (Wildman–Crippen MR) is 134 cm³/mol. The number of nitrogens with one attached hydrogen (secondary N) is 1. The Morgan fingerprint density at radius 3 is 2.58 bits per heavy atom. The van der Waals surface area contributed by atoms with E-state index in [1.54, 1.807) is 34.9 Å². The molecule has 5 rings (SSSR count). The van der Waals surface area contributed by atoms with Crippen LogP contribution in [0.25, 0.3) is 10.2 Å². The lowest BCUT2D eigenvalue weighted by atomic mass is 10.0. The molecule has 0 fully saturated rings. The van der Waals surface area contributed by atoms with Crippen molar-refractivity contribution < 1.29 is 8.42 Å². The van der Waals surface area contributed by atoms with Gasteiger partial charge < -0.3 is 0 Å². The molecule has 1 aromatic heterocycles. The van der Waals surface area contributed by atoms with Crippen molar-refractivity contribution in [1.29, 1.82) is 0 Å². The van der Waals surface area contributed by atoms with Crippen LogP contribution in [0.15, 0.2) is 70.4 Å². The van der Waals surface area contributed by atoms with Crippen LogP contribution in [-0.4, -0.2) is 13.0 Å². The molecule has 4 aromatic rings. The van der Waals surface area contributed by atoms with Gasteiger partial charge in [0.1, 0.15) is 0 Å². The summed E-state index contributed by atoms with van der Waals surface area (Å²) in [5.41, 5.74) is 5.29. The molecular weight excluding hydrogens is 476 g/mol. The van der Waals surface area contributed by atoms with Gasteiger partial charge in [-0.15, -0.1) is 0 Å². The van der Waals surface area contributed by atoms with Crippen molar-refractivity contribution in [3.8, 4) is 0 Å². The van der Waals surface area contributed by atoms with Crippen LogP contribution in [0, 0.1) is 0 Å². The van der Waals surface area contributed by atoms with E-state index in [2.05, 4.69) is 16.9 Å². The van der Waals surface area contributed by atoms with Gasteiger partial charge >= 0.3 is 4.87 Å². The monoisotopic (exact) mass is 498 g/mol. The number of sulfonamides is 1. The molecular formula is C25H23ClN2O3S2. The molecule has 0 radical (unpaired) electrons. The van der Waals surface area contributed by atoms with E-state index >= 15 is 0 Å². The molecule has 1 N–H and O–H groups in total. The molecule has 1 unspecified atom stereocenters. The van der Waals surface area contributed by atoms with Crippen molar-refractivity contribution >= 4 is 43.2 Å². The minimum Gasteiger partial charge on any atom is -0.294 e. The van der Waals surface area contributed by atoms with Crippen LogP contribution in [-0.2, 0) is 29.4 Å². The van der Waals surface area contributed by atoms with Gasteiger partial charge in [0.2, 0.25) is 10.0 Å². The van der Waals surface area contributed by atoms with Gasteiger partial charge in [-0.1, -0.05) is 53.3 Å². The van der Waals surface area contributed by atoms with Gasteiger partial charge in [-0.2, -0.15) is 0 Å². The zero-order valence-electron chi connectivity index (χ0n) is 18.0. The van der Waals surface area contributed by atoms with Gasteiger partial charge in [0, 0.05) is 11.1 Å². The summed E-state index contributed by atoms with van der Waals surface area (Å²) < 4.78 is 31.3. The first kappa shape index (κ1) is 22.3. The Labute approximate surface area is 201 Å². The summed E-state index contributed by atoms with van der Waals surface area (Å²) in [6.07, 6.45) is 3.29. The molecule has 1 aliphatic rings. The van der Waals surface area contributed by atoms with E-state index in [1.165, 1.54) is 11.1 Å². The minimum atomic E-state index is -3.75. The van der Waals surface area contributed by atoms with Gasteiger partial charge in [0.05, 0.1) is 21.7 Å². The second kappa shape index (κ2) is 8.72. The average molecular weight is 499 g/mol. The van der Waals surface area contributed by atoms with E-state index in [0.29, 0.717) is 21.8 Å². The molecule has 1 atom stereocenters. The first-order valence-corrected chi connectivity index (χ1v) is 13.5. The number of hydrogen-bond acceptors (Lipinski definition) is 4. The molecule has 3 aromatic carbocycles. The van der Waals surface area contributed by atoms with E-state index in [0.717, 1.165) is 41.7 Å². The summed E-state index contributed by atoms with van der Waals surface area (Å²) in [5, 5.41) is 0.637. The Kier molecular flexibility index (Phi) is 5.91. The number of rotatable bonds is 6. The Bertz CT molecular complexity index is 1510. The van der Waals surface area contributed by atoms with Gasteiger partial charge in [-0.05, 0) is 78.8 Å². The number of aryl methyl sites for hydroxylation is 2. The second-order valence-electron chi connectivity index (χ2n) is 8.43. The molecule has 0 aliphatic heterocycles. The van der Waals surface area contributed by atoms with Crippen molar-refractivity contribution in [2.75, 3.05) is 0 Å². The third kappa shape index (κ3) is 4.51. The summed E-state index contributed by atoms with van der Waals surface area (Å²) >= 11 is 7.00. The van der Waals surface area contributed by atoms with Crippen LogP contribution in [0.4, 0.5) is 0 Å². The van der Waals surface area contributed by atoms with Crippen molar-refractivity contribution in [2.24, 2.45) is 0 Å². The molecule has 0 spiro atoms. The van der Waals surface area contributed by atoms with Gasteiger partial charge in [0.25, 0.3) is 0 Å². The van der Waals surface area contributed by atoms with Gasteiger partial charge in [0.15, 0.2) is 0 Å². The van der Waals surface area contributed by atoms with Crippen molar-refractivity contribution in [1.82, 2.24) is 9.29 Å². The molecule has 1 heterocycles. The van der Waals surface area contributed by atoms with E-state index < -0.39 is 10.0 Å². The van der Waals surface area contributed by atoms with Crippen molar-refractivity contribution in [2.45, 2.75) is 43.7 Å². The quantitative estimate of drug-likeness (QED) is 0.392. The fraction of sp³-hybridized carbons (Fsp3) is 0.240. The largest absolute Gasteiger partial charge is 0.308 e. The highest BCUT2D eigenvalue weighted by Gasteiger charge is 2.21. The molecule has 0 bridgehead atoms. The first-order valence-electron chi connectivity index (χ1n) is 10.8. The lowest BCUT2D eigenvalue weighted by Gasteiger charge is -2.16. The highest BCUT2D eigenvalue weighted by atomic mass is 35.5. The SMILES string of the molecule is CC(NS(=O)(=O)c1ccc2c(c1)sc(=O)n2Cc1ccc(Cl)cc1)c1ccc2c(c1)CCC2. The molecule has 1 aliphatic carbocycles. The van der Waals surface area contributed by atoms with Gasteiger partial charge in [-0.25, -0.2) is 13.1 Å². The molecule has 8 heteroatoms. The fourth-order valence-corrected chi connectivity index (χ4v) is 6.75. The maximum atomic E-state index is 13.1. The molecule has 170 valence electrons. The number of thiazole rings is 1. The zero-order valence-corrected chi connectivity index (χ0v) is 20.4. The van der Waals surface area contributed by atoms with Gasteiger partial charge in [-0.3, -0.25) is 9.36 Å². The molecule has 0 amide bonds. The maximum Gasteiger partial charge on any atom is 0.308 e. The number of aromatic nitrogens is 1. The lowest BCUT2D eigenvalue weighted by molar-refractivity contribution is 0.567. The third-order valence-electron chi connectivity index (χ3n) is 6.16. The Morgan fingerprint density at radius 1 is 1.03 bits per heavy atom. The van der Waals surface area contributed by atoms with Crippen LogP contribution in [0.5, 0.6) is 0 Å². The summed E-state index contributed by atoms with van der Waals surface area (Å²) in [6.45, 7) is 2.25. The van der Waals surface area contributed by atoms with E-state index in [1.807, 2.05) is 25.1 Å². The number of benzene rings is 3. The summed E-state index contributed by atoms with van der Waals surface area (Å²) in [5.74, 6) is 0. The topological polar surface area (TPSA) is 68.2 Å². The molecule has 0 saturated carbocycles. The number of fused-ring (bicyclic) bond motifs is 2. The Morgan fingerprint density at radius 2 is 1.79 bits per heavy atom. The minimum absolute atomic E-state index is 0.131. The Hall–Kier alpha value is -2.45. The summed E-state index contributed by atoms with van der Waals surface area (Å²) in [4.78, 5) is 12.6. The highest BCUT2D eigenvalue weighted by Crippen LogP contribution is 2.27. The van der Waals surface area contributed by atoms with Crippen LogP contribution in [0.3, 0.4) is 0 Å². The predicted octanol–water partition coefficient (Wildman–Crippen LogP) is 5.29. The van der Waals surface area contributed by atoms with E-state index in [4.69, 9.17) is 11.6 Å². The summed E-state index contributed by atoms with van der Waals surface area (Å²) in [6, 6.07) is 18.0. The van der Waals surface area contributed by atoms with Crippen molar-refractivity contribution in [3.63, 3.8) is 0 Å². The highest BCUT2D eigenvalue weighted by molar-refractivity contribution is 7.89. The Balaban J connectivity index is 1.41. The van der Waals surface area contributed by atoms with E-state index in [9.17, 15) is 13.2 Å². The smallest absolute Gasteiger partial charge is 0.294 e. The molecule has 5 nitrogen and oxygen atoms in total. The molecule has 0 saturated heterocycles. The lowest BCUT2D eigenvalue weighted by Crippen LogP contribution is -2.27. The number of hydrogen-bond donors (Lipinski definition) is 1. The number of halogens is 1. The maximum absolute atomic E-state index is 13.1. The van der Waals surface area contributed by atoms with Crippen LogP contribution in [0.2, 0.25) is 5.02 Å². The fourth-order valence-electron chi connectivity index (χ4n) is 4.37. The average Bonchev–Trinajstić information content (AvgIpc) is 3.38. The van der Waals surface area contributed by atoms with Crippen LogP contribution < -0.4 is 9.60 Å².